The standard InChI is InChI=1S/C17H19BrN2OS/c18-16-10-14(12-22-16)17(21)19-15-6-8-20(9-7-15)11-13-4-2-1-3-5-13/h1-5,10,12,15H,6-9,11H2,(H,19,21). The van der Waals surface area contributed by atoms with Gasteiger partial charge in [0.15, 0.2) is 0 Å². The van der Waals surface area contributed by atoms with Gasteiger partial charge in [-0.05, 0) is 40.4 Å². The number of amides is 1. The molecule has 2 aromatic rings. The fraction of sp³-hybridized carbons (Fsp3) is 0.353. The molecule has 1 amide bonds. The Hall–Kier alpha value is -1.17. The number of halogens is 1. The van der Waals surface area contributed by atoms with Crippen LogP contribution in [0.4, 0.5) is 0 Å². The minimum atomic E-state index is 0.0449. The van der Waals surface area contributed by atoms with E-state index in [0.29, 0.717) is 0 Å². The second-order valence-corrected chi connectivity index (χ2v) is 7.94. The lowest BCUT2D eigenvalue weighted by molar-refractivity contribution is 0.0909. The molecule has 2 heterocycles. The Morgan fingerprint density at radius 1 is 1.27 bits per heavy atom. The van der Waals surface area contributed by atoms with Crippen molar-refractivity contribution in [3.05, 3.63) is 56.7 Å². The van der Waals surface area contributed by atoms with E-state index < -0.39 is 0 Å². The van der Waals surface area contributed by atoms with Crippen molar-refractivity contribution in [3.63, 3.8) is 0 Å². The number of carbonyl (C=O) groups is 1. The summed E-state index contributed by atoms with van der Waals surface area (Å²) >= 11 is 4.94. The number of hydrogen-bond acceptors (Lipinski definition) is 3. The van der Waals surface area contributed by atoms with Crippen LogP contribution in [-0.4, -0.2) is 29.9 Å². The maximum atomic E-state index is 12.2. The summed E-state index contributed by atoms with van der Waals surface area (Å²) in [7, 11) is 0. The number of rotatable bonds is 4. The predicted octanol–water partition coefficient (Wildman–Crippen LogP) is 3.91. The lowest BCUT2D eigenvalue weighted by atomic mass is 10.0. The van der Waals surface area contributed by atoms with Gasteiger partial charge < -0.3 is 5.32 Å². The van der Waals surface area contributed by atoms with Crippen LogP contribution in [0.15, 0.2) is 45.6 Å². The Morgan fingerprint density at radius 2 is 2.00 bits per heavy atom. The molecule has 0 aliphatic carbocycles. The summed E-state index contributed by atoms with van der Waals surface area (Å²) < 4.78 is 0.996. The molecule has 0 radical (unpaired) electrons. The van der Waals surface area contributed by atoms with Gasteiger partial charge in [0.2, 0.25) is 0 Å². The first-order valence-electron chi connectivity index (χ1n) is 7.52. The van der Waals surface area contributed by atoms with Gasteiger partial charge >= 0.3 is 0 Å². The molecular formula is C17H19BrN2OS. The van der Waals surface area contributed by atoms with Crippen LogP contribution in [0.1, 0.15) is 28.8 Å². The quantitative estimate of drug-likeness (QED) is 0.874. The van der Waals surface area contributed by atoms with Crippen LogP contribution in [0.5, 0.6) is 0 Å². The van der Waals surface area contributed by atoms with Crippen molar-refractivity contribution < 1.29 is 4.79 Å². The topological polar surface area (TPSA) is 32.3 Å². The van der Waals surface area contributed by atoms with Crippen molar-refractivity contribution in [2.45, 2.75) is 25.4 Å². The zero-order valence-corrected chi connectivity index (χ0v) is 14.7. The second kappa shape index (κ2) is 7.40. The molecule has 1 N–H and O–H groups in total. The summed E-state index contributed by atoms with van der Waals surface area (Å²) in [5.41, 5.74) is 2.11. The first-order chi connectivity index (χ1) is 10.7. The van der Waals surface area contributed by atoms with Gasteiger partial charge in [-0.15, -0.1) is 11.3 Å². The Morgan fingerprint density at radius 3 is 2.64 bits per heavy atom. The van der Waals surface area contributed by atoms with E-state index >= 15 is 0 Å². The molecule has 22 heavy (non-hydrogen) atoms. The van der Waals surface area contributed by atoms with E-state index in [-0.39, 0.29) is 11.9 Å². The number of likely N-dealkylation sites (tertiary alicyclic amines) is 1. The highest BCUT2D eigenvalue weighted by molar-refractivity contribution is 9.11. The molecule has 1 aliphatic heterocycles. The van der Waals surface area contributed by atoms with Crippen LogP contribution in [-0.2, 0) is 6.54 Å². The second-order valence-electron chi connectivity index (χ2n) is 5.65. The minimum Gasteiger partial charge on any atom is -0.349 e. The number of carbonyl (C=O) groups excluding carboxylic acids is 1. The van der Waals surface area contributed by atoms with E-state index in [1.165, 1.54) is 5.56 Å². The first kappa shape index (κ1) is 15.7. The van der Waals surface area contributed by atoms with Crippen LogP contribution in [0.25, 0.3) is 0 Å². The van der Waals surface area contributed by atoms with Crippen molar-refractivity contribution in [1.29, 1.82) is 0 Å². The Kier molecular flexibility index (Phi) is 5.28. The Balaban J connectivity index is 1.46. The van der Waals surface area contributed by atoms with Crippen molar-refractivity contribution >= 4 is 33.2 Å². The van der Waals surface area contributed by atoms with Gasteiger partial charge in [0.25, 0.3) is 5.91 Å². The molecule has 0 bridgehead atoms. The Bertz CT molecular complexity index is 621. The maximum Gasteiger partial charge on any atom is 0.252 e. The third-order valence-electron chi connectivity index (χ3n) is 4.00. The van der Waals surface area contributed by atoms with Crippen LogP contribution < -0.4 is 5.32 Å². The molecule has 1 fully saturated rings. The third kappa shape index (κ3) is 4.18. The maximum absolute atomic E-state index is 12.2. The van der Waals surface area contributed by atoms with Crippen molar-refractivity contribution in [3.8, 4) is 0 Å². The van der Waals surface area contributed by atoms with E-state index in [4.69, 9.17) is 0 Å². The molecule has 3 rings (SSSR count). The van der Waals surface area contributed by atoms with Crippen molar-refractivity contribution in [2.24, 2.45) is 0 Å². The molecule has 1 aromatic heterocycles. The van der Waals surface area contributed by atoms with Gasteiger partial charge in [0.1, 0.15) is 0 Å². The fourth-order valence-electron chi connectivity index (χ4n) is 2.77. The van der Waals surface area contributed by atoms with Gasteiger partial charge in [-0.25, -0.2) is 0 Å². The third-order valence-corrected chi connectivity index (χ3v) is 5.51. The molecule has 1 aromatic carbocycles. The highest BCUT2D eigenvalue weighted by atomic mass is 79.9. The Labute approximate surface area is 143 Å². The molecule has 1 aliphatic rings. The van der Waals surface area contributed by atoms with E-state index in [1.807, 2.05) is 17.5 Å². The van der Waals surface area contributed by atoms with Crippen LogP contribution in [0.2, 0.25) is 0 Å². The molecule has 116 valence electrons. The van der Waals surface area contributed by atoms with Gasteiger partial charge in [-0.3, -0.25) is 9.69 Å². The number of nitrogens with zero attached hydrogens (tertiary/aromatic N) is 1. The highest BCUT2D eigenvalue weighted by Crippen LogP contribution is 2.21. The summed E-state index contributed by atoms with van der Waals surface area (Å²) in [6.45, 7) is 3.07. The van der Waals surface area contributed by atoms with Crippen LogP contribution >= 0.6 is 27.3 Å². The van der Waals surface area contributed by atoms with E-state index in [9.17, 15) is 4.79 Å². The molecule has 1 saturated heterocycles. The zero-order valence-electron chi connectivity index (χ0n) is 12.3. The number of nitrogens with one attached hydrogen (secondary N) is 1. The first-order valence-corrected chi connectivity index (χ1v) is 9.19. The van der Waals surface area contributed by atoms with Gasteiger partial charge in [-0.2, -0.15) is 0 Å². The lowest BCUT2D eigenvalue weighted by Crippen LogP contribution is -2.44. The summed E-state index contributed by atoms with van der Waals surface area (Å²) in [6.07, 6.45) is 2.04. The van der Waals surface area contributed by atoms with E-state index in [1.54, 1.807) is 11.3 Å². The minimum absolute atomic E-state index is 0.0449. The fourth-order valence-corrected chi connectivity index (χ4v) is 3.91. The largest absolute Gasteiger partial charge is 0.349 e. The smallest absolute Gasteiger partial charge is 0.252 e. The predicted molar refractivity (Wildman–Crippen MR) is 94.2 cm³/mol. The number of benzene rings is 1. The number of hydrogen-bond donors (Lipinski definition) is 1. The average molecular weight is 379 g/mol. The van der Waals surface area contributed by atoms with Crippen LogP contribution in [0.3, 0.4) is 0 Å². The molecule has 0 spiro atoms. The zero-order chi connectivity index (χ0) is 15.4. The monoisotopic (exact) mass is 378 g/mol. The molecule has 3 nitrogen and oxygen atoms in total. The van der Waals surface area contributed by atoms with E-state index in [2.05, 4.69) is 50.4 Å². The lowest BCUT2D eigenvalue weighted by Gasteiger charge is -2.32. The highest BCUT2D eigenvalue weighted by Gasteiger charge is 2.21. The average Bonchev–Trinajstić information content (AvgIpc) is 2.97. The SMILES string of the molecule is O=C(NC1CCN(Cc2ccccc2)CC1)c1csc(Br)c1. The van der Waals surface area contributed by atoms with Gasteiger partial charge in [0, 0.05) is 31.1 Å². The van der Waals surface area contributed by atoms with Gasteiger partial charge in [-0.1, -0.05) is 30.3 Å². The molecule has 0 saturated carbocycles. The molecule has 5 heteroatoms. The normalized spacial score (nSPS) is 16.6. The summed E-state index contributed by atoms with van der Waals surface area (Å²) in [4.78, 5) is 14.6. The van der Waals surface area contributed by atoms with Crippen molar-refractivity contribution in [2.75, 3.05) is 13.1 Å². The number of piperidine rings is 1. The summed E-state index contributed by atoms with van der Waals surface area (Å²) in [5, 5.41) is 5.05. The van der Waals surface area contributed by atoms with Gasteiger partial charge in [0.05, 0.1) is 9.35 Å². The molecular weight excluding hydrogens is 360 g/mol. The number of thiophene rings is 1. The van der Waals surface area contributed by atoms with Crippen molar-refractivity contribution in [1.82, 2.24) is 10.2 Å². The summed E-state index contributed by atoms with van der Waals surface area (Å²) in [5.74, 6) is 0.0449. The molecule has 0 atom stereocenters. The summed E-state index contributed by atoms with van der Waals surface area (Å²) in [6, 6.07) is 12.7. The van der Waals surface area contributed by atoms with E-state index in [0.717, 1.165) is 41.8 Å². The molecule has 0 unspecified atom stereocenters. The van der Waals surface area contributed by atoms with Crippen LogP contribution in [0, 0.1) is 0 Å².